The SMILES string of the molecule is COC(=O)[C@@H]1Cc2ccsc2CN1.Cl. The Bertz CT molecular complexity index is 326. The number of carbonyl (C=O) groups excluding carboxylic acids is 1. The van der Waals surface area contributed by atoms with Crippen molar-refractivity contribution in [1.29, 1.82) is 0 Å². The van der Waals surface area contributed by atoms with E-state index in [4.69, 9.17) is 0 Å². The van der Waals surface area contributed by atoms with Gasteiger partial charge in [-0.05, 0) is 23.4 Å². The second-order valence-electron chi connectivity index (χ2n) is 3.03. The number of hydrogen-bond donors (Lipinski definition) is 1. The van der Waals surface area contributed by atoms with Crippen molar-refractivity contribution in [3.63, 3.8) is 0 Å². The number of methoxy groups -OCH3 is 1. The van der Waals surface area contributed by atoms with Gasteiger partial charge < -0.3 is 4.74 Å². The first-order valence-electron chi connectivity index (χ1n) is 4.17. The lowest BCUT2D eigenvalue weighted by Gasteiger charge is -2.21. The monoisotopic (exact) mass is 233 g/mol. The maximum Gasteiger partial charge on any atom is 0.323 e. The van der Waals surface area contributed by atoms with Gasteiger partial charge in [0, 0.05) is 11.4 Å². The van der Waals surface area contributed by atoms with Gasteiger partial charge in [-0.3, -0.25) is 10.1 Å². The number of nitrogens with one attached hydrogen (secondary N) is 1. The molecule has 5 heteroatoms. The quantitative estimate of drug-likeness (QED) is 0.745. The molecular formula is C9H12ClNO2S. The molecule has 1 aromatic rings. The molecule has 0 aliphatic carbocycles. The van der Waals surface area contributed by atoms with E-state index < -0.39 is 0 Å². The summed E-state index contributed by atoms with van der Waals surface area (Å²) in [5.41, 5.74) is 1.28. The summed E-state index contributed by atoms with van der Waals surface area (Å²) in [5.74, 6) is -0.170. The zero-order chi connectivity index (χ0) is 9.26. The molecule has 0 saturated carbocycles. The third-order valence-corrected chi connectivity index (χ3v) is 3.22. The van der Waals surface area contributed by atoms with Crippen LogP contribution in [-0.4, -0.2) is 19.1 Å². The van der Waals surface area contributed by atoms with Gasteiger partial charge in [0.1, 0.15) is 6.04 Å². The number of ether oxygens (including phenoxy) is 1. The van der Waals surface area contributed by atoms with Gasteiger partial charge in [0.25, 0.3) is 0 Å². The van der Waals surface area contributed by atoms with E-state index >= 15 is 0 Å². The molecule has 3 nitrogen and oxygen atoms in total. The molecule has 78 valence electrons. The van der Waals surface area contributed by atoms with E-state index in [1.807, 2.05) is 0 Å². The summed E-state index contributed by atoms with van der Waals surface area (Å²) in [5, 5.41) is 5.21. The molecule has 0 fully saturated rings. The summed E-state index contributed by atoms with van der Waals surface area (Å²) in [7, 11) is 1.42. The Morgan fingerprint density at radius 1 is 1.71 bits per heavy atom. The lowest BCUT2D eigenvalue weighted by Crippen LogP contribution is -2.41. The van der Waals surface area contributed by atoms with E-state index in [1.165, 1.54) is 17.6 Å². The van der Waals surface area contributed by atoms with Gasteiger partial charge in [-0.25, -0.2) is 0 Å². The lowest BCUT2D eigenvalue weighted by atomic mass is 10.0. The predicted octanol–water partition coefficient (Wildman–Crippen LogP) is 1.36. The van der Waals surface area contributed by atoms with Crippen LogP contribution in [0.4, 0.5) is 0 Å². The van der Waals surface area contributed by atoms with Crippen molar-refractivity contribution in [3.05, 3.63) is 21.9 Å². The van der Waals surface area contributed by atoms with Crippen LogP contribution in [-0.2, 0) is 22.5 Å². The summed E-state index contributed by atoms with van der Waals surface area (Å²) in [6.45, 7) is 0.784. The van der Waals surface area contributed by atoms with E-state index in [1.54, 1.807) is 11.3 Å². The Hall–Kier alpha value is -0.580. The molecule has 0 amide bonds. The molecule has 0 bridgehead atoms. The molecule has 2 rings (SSSR count). The van der Waals surface area contributed by atoms with E-state index in [-0.39, 0.29) is 24.4 Å². The van der Waals surface area contributed by atoms with E-state index in [9.17, 15) is 4.79 Å². The number of halogens is 1. The zero-order valence-corrected chi connectivity index (χ0v) is 9.41. The molecule has 1 atom stereocenters. The van der Waals surface area contributed by atoms with Gasteiger partial charge in [-0.15, -0.1) is 23.7 Å². The van der Waals surface area contributed by atoms with Crippen LogP contribution >= 0.6 is 23.7 Å². The molecule has 0 spiro atoms. The normalized spacial score (nSPS) is 19.4. The molecule has 14 heavy (non-hydrogen) atoms. The number of carbonyl (C=O) groups is 1. The summed E-state index contributed by atoms with van der Waals surface area (Å²) >= 11 is 1.73. The van der Waals surface area contributed by atoms with Gasteiger partial charge >= 0.3 is 5.97 Å². The number of hydrogen-bond acceptors (Lipinski definition) is 4. The molecule has 0 radical (unpaired) electrons. The molecule has 1 aromatic heterocycles. The Morgan fingerprint density at radius 2 is 2.50 bits per heavy atom. The highest BCUT2D eigenvalue weighted by Crippen LogP contribution is 2.22. The fraction of sp³-hybridized carbons (Fsp3) is 0.444. The van der Waals surface area contributed by atoms with Crippen molar-refractivity contribution in [2.24, 2.45) is 0 Å². The van der Waals surface area contributed by atoms with Crippen LogP contribution in [0.15, 0.2) is 11.4 Å². The van der Waals surface area contributed by atoms with Crippen LogP contribution < -0.4 is 5.32 Å². The molecule has 1 aliphatic rings. The van der Waals surface area contributed by atoms with E-state index in [2.05, 4.69) is 21.5 Å². The van der Waals surface area contributed by atoms with E-state index in [0.717, 1.165) is 13.0 Å². The minimum absolute atomic E-state index is 0. The number of thiophene rings is 1. The maximum absolute atomic E-state index is 11.2. The fourth-order valence-corrected chi connectivity index (χ4v) is 2.39. The third kappa shape index (κ3) is 2.08. The second kappa shape index (κ2) is 4.77. The highest BCUT2D eigenvalue weighted by molar-refractivity contribution is 7.10. The number of fused-ring (bicyclic) bond motifs is 1. The number of esters is 1. The maximum atomic E-state index is 11.2. The largest absolute Gasteiger partial charge is 0.468 e. The number of rotatable bonds is 1. The van der Waals surface area contributed by atoms with Gasteiger partial charge in [-0.1, -0.05) is 0 Å². The van der Waals surface area contributed by atoms with Crippen LogP contribution in [0, 0.1) is 0 Å². The molecule has 2 heterocycles. The first kappa shape index (κ1) is 11.5. The van der Waals surface area contributed by atoms with Crippen LogP contribution in [0.2, 0.25) is 0 Å². The second-order valence-corrected chi connectivity index (χ2v) is 4.03. The van der Waals surface area contributed by atoms with Crippen molar-refractivity contribution in [1.82, 2.24) is 5.32 Å². The van der Waals surface area contributed by atoms with E-state index in [0.29, 0.717) is 0 Å². The van der Waals surface area contributed by atoms with Crippen LogP contribution in [0.3, 0.4) is 0 Å². The van der Waals surface area contributed by atoms with Crippen molar-refractivity contribution in [2.45, 2.75) is 19.0 Å². The average Bonchev–Trinajstić information content (AvgIpc) is 2.63. The highest BCUT2D eigenvalue weighted by Gasteiger charge is 2.24. The Kier molecular flexibility index (Phi) is 3.92. The van der Waals surface area contributed by atoms with Gasteiger partial charge in [0.2, 0.25) is 0 Å². The smallest absolute Gasteiger partial charge is 0.323 e. The summed E-state index contributed by atoms with van der Waals surface area (Å²) < 4.78 is 4.68. The standard InChI is InChI=1S/C9H11NO2S.ClH/c1-12-9(11)7-4-6-2-3-13-8(6)5-10-7;/h2-3,7,10H,4-5H2,1H3;1H/t7-;/m0./s1. The molecule has 0 saturated heterocycles. The first-order chi connectivity index (χ1) is 6.31. The summed E-state index contributed by atoms with van der Waals surface area (Å²) in [6.07, 6.45) is 0.755. The zero-order valence-electron chi connectivity index (χ0n) is 7.78. The predicted molar refractivity (Wildman–Crippen MR) is 57.9 cm³/mol. The van der Waals surface area contributed by atoms with Crippen molar-refractivity contribution in [3.8, 4) is 0 Å². The fourth-order valence-electron chi connectivity index (χ4n) is 1.52. The molecular weight excluding hydrogens is 222 g/mol. The Labute approximate surface area is 92.9 Å². The lowest BCUT2D eigenvalue weighted by molar-refractivity contribution is -0.143. The molecule has 0 unspecified atom stereocenters. The van der Waals surface area contributed by atoms with Gasteiger partial charge in [0.05, 0.1) is 7.11 Å². The Morgan fingerprint density at radius 3 is 3.21 bits per heavy atom. The topological polar surface area (TPSA) is 38.3 Å². The van der Waals surface area contributed by atoms with Gasteiger partial charge in [-0.2, -0.15) is 0 Å². The first-order valence-corrected chi connectivity index (χ1v) is 5.05. The molecule has 1 aliphatic heterocycles. The highest BCUT2D eigenvalue weighted by atomic mass is 35.5. The van der Waals surface area contributed by atoms with Crippen molar-refractivity contribution >= 4 is 29.7 Å². The van der Waals surface area contributed by atoms with Crippen LogP contribution in [0.5, 0.6) is 0 Å². The van der Waals surface area contributed by atoms with Crippen molar-refractivity contribution in [2.75, 3.05) is 7.11 Å². The van der Waals surface area contributed by atoms with Crippen molar-refractivity contribution < 1.29 is 9.53 Å². The van der Waals surface area contributed by atoms with Gasteiger partial charge in [0.15, 0.2) is 0 Å². The molecule has 1 N–H and O–H groups in total. The average molecular weight is 234 g/mol. The third-order valence-electron chi connectivity index (χ3n) is 2.26. The Balaban J connectivity index is 0.000000980. The minimum atomic E-state index is -0.170. The summed E-state index contributed by atoms with van der Waals surface area (Å²) in [6, 6.07) is 1.92. The minimum Gasteiger partial charge on any atom is -0.468 e. The van der Waals surface area contributed by atoms with Crippen LogP contribution in [0.1, 0.15) is 10.4 Å². The summed E-state index contributed by atoms with van der Waals surface area (Å²) in [4.78, 5) is 12.6. The molecule has 0 aromatic carbocycles. The van der Waals surface area contributed by atoms with Crippen LogP contribution in [0.25, 0.3) is 0 Å².